The molecule has 0 spiro atoms. The molecule has 1 unspecified atom stereocenters. The number of hydrogen-bond donors (Lipinski definition) is 2. The lowest BCUT2D eigenvalue weighted by Gasteiger charge is -2.24. The van der Waals surface area contributed by atoms with Crippen molar-refractivity contribution in [1.29, 1.82) is 0 Å². The van der Waals surface area contributed by atoms with Crippen molar-refractivity contribution in [3.63, 3.8) is 0 Å². The van der Waals surface area contributed by atoms with Gasteiger partial charge in [0.15, 0.2) is 0 Å². The number of ether oxygens (including phenoxy) is 1. The minimum atomic E-state index is -0.802. The zero-order valence-electron chi connectivity index (χ0n) is 8.49. The third-order valence-corrected chi connectivity index (χ3v) is 2.70. The molecule has 0 amide bonds. The molecular weight excluding hydrogens is 194 g/mol. The summed E-state index contributed by atoms with van der Waals surface area (Å²) in [5.74, 6) is 0.0207. The SMILES string of the molecule is COc1cccc2c1CNC(C(=O)O)C2. The Hall–Kier alpha value is -1.55. The molecular formula is C11H13NO3. The fraction of sp³-hybridized carbons (Fsp3) is 0.364. The van der Waals surface area contributed by atoms with Gasteiger partial charge in [-0.1, -0.05) is 12.1 Å². The predicted octanol–water partition coefficient (Wildman–Crippen LogP) is 0.794. The molecule has 0 aromatic heterocycles. The largest absolute Gasteiger partial charge is 0.496 e. The van der Waals surface area contributed by atoms with Crippen molar-refractivity contribution in [2.45, 2.75) is 19.0 Å². The molecule has 1 heterocycles. The molecule has 2 N–H and O–H groups in total. The van der Waals surface area contributed by atoms with Gasteiger partial charge in [0.05, 0.1) is 7.11 Å². The number of hydrogen-bond acceptors (Lipinski definition) is 3. The van der Waals surface area contributed by atoms with Gasteiger partial charge in [-0.15, -0.1) is 0 Å². The highest BCUT2D eigenvalue weighted by Gasteiger charge is 2.24. The first-order valence-corrected chi connectivity index (χ1v) is 4.83. The van der Waals surface area contributed by atoms with Crippen molar-refractivity contribution in [3.8, 4) is 5.75 Å². The first kappa shape index (κ1) is 9.98. The van der Waals surface area contributed by atoms with E-state index in [9.17, 15) is 4.79 Å². The highest BCUT2D eigenvalue weighted by atomic mass is 16.5. The molecule has 1 aromatic carbocycles. The van der Waals surface area contributed by atoms with Crippen LogP contribution in [0.2, 0.25) is 0 Å². The van der Waals surface area contributed by atoms with Gasteiger partial charge in [0.2, 0.25) is 0 Å². The van der Waals surface area contributed by atoms with E-state index in [1.165, 1.54) is 0 Å². The Morgan fingerprint density at radius 3 is 3.07 bits per heavy atom. The molecule has 80 valence electrons. The first-order chi connectivity index (χ1) is 7.22. The number of aliphatic carboxylic acids is 1. The molecule has 15 heavy (non-hydrogen) atoms. The van der Waals surface area contributed by atoms with E-state index in [0.29, 0.717) is 13.0 Å². The second-order valence-electron chi connectivity index (χ2n) is 3.57. The van der Waals surface area contributed by atoms with Gasteiger partial charge in [0.1, 0.15) is 11.8 Å². The van der Waals surface area contributed by atoms with Crippen molar-refractivity contribution >= 4 is 5.97 Å². The van der Waals surface area contributed by atoms with E-state index in [2.05, 4.69) is 5.32 Å². The van der Waals surface area contributed by atoms with Crippen LogP contribution in [0.5, 0.6) is 5.75 Å². The third-order valence-electron chi connectivity index (χ3n) is 2.70. The first-order valence-electron chi connectivity index (χ1n) is 4.83. The molecule has 0 radical (unpaired) electrons. The Labute approximate surface area is 87.9 Å². The quantitative estimate of drug-likeness (QED) is 0.753. The average Bonchev–Trinajstić information content (AvgIpc) is 2.27. The summed E-state index contributed by atoms with van der Waals surface area (Å²) in [6, 6.07) is 5.25. The van der Waals surface area contributed by atoms with Crippen LogP contribution in [0.4, 0.5) is 0 Å². The van der Waals surface area contributed by atoms with Crippen LogP contribution in [0.25, 0.3) is 0 Å². The highest BCUT2D eigenvalue weighted by Crippen LogP contribution is 2.26. The lowest BCUT2D eigenvalue weighted by atomic mass is 9.95. The minimum absolute atomic E-state index is 0.482. The summed E-state index contributed by atoms with van der Waals surface area (Å²) >= 11 is 0. The lowest BCUT2D eigenvalue weighted by molar-refractivity contribution is -0.139. The summed E-state index contributed by atoms with van der Waals surface area (Å²) < 4.78 is 5.22. The number of fused-ring (bicyclic) bond motifs is 1. The van der Waals surface area contributed by atoms with Gasteiger partial charge in [0.25, 0.3) is 0 Å². The maximum atomic E-state index is 10.8. The van der Waals surface area contributed by atoms with Crippen LogP contribution in [0, 0.1) is 0 Å². The van der Waals surface area contributed by atoms with Crippen molar-refractivity contribution in [1.82, 2.24) is 5.32 Å². The van der Waals surface area contributed by atoms with Crippen LogP contribution in [-0.2, 0) is 17.8 Å². The number of methoxy groups -OCH3 is 1. The van der Waals surface area contributed by atoms with Crippen LogP contribution in [0.3, 0.4) is 0 Å². The highest BCUT2D eigenvalue weighted by molar-refractivity contribution is 5.74. The van der Waals surface area contributed by atoms with Crippen molar-refractivity contribution in [3.05, 3.63) is 29.3 Å². The Morgan fingerprint density at radius 1 is 1.60 bits per heavy atom. The smallest absolute Gasteiger partial charge is 0.321 e. The summed E-state index contributed by atoms with van der Waals surface area (Å²) in [4.78, 5) is 10.8. The predicted molar refractivity (Wildman–Crippen MR) is 55.0 cm³/mol. The standard InChI is InChI=1S/C11H13NO3/c1-15-10-4-2-3-7-5-9(11(13)14)12-6-8(7)10/h2-4,9,12H,5-6H2,1H3,(H,13,14). The zero-order chi connectivity index (χ0) is 10.8. The van der Waals surface area contributed by atoms with Crippen LogP contribution in [0.1, 0.15) is 11.1 Å². The second kappa shape index (κ2) is 3.90. The summed E-state index contributed by atoms with van der Waals surface area (Å²) in [6.07, 6.45) is 0.516. The molecule has 1 aliphatic rings. The summed E-state index contributed by atoms with van der Waals surface area (Å²) in [5, 5.41) is 11.9. The molecule has 4 heteroatoms. The third kappa shape index (κ3) is 1.80. The number of carboxylic acid groups (broad SMARTS) is 1. The molecule has 1 atom stereocenters. The van der Waals surface area contributed by atoms with Gasteiger partial charge in [-0.25, -0.2) is 0 Å². The Kier molecular flexibility index (Phi) is 2.60. The van der Waals surface area contributed by atoms with E-state index in [-0.39, 0.29) is 0 Å². The maximum Gasteiger partial charge on any atom is 0.321 e. The van der Waals surface area contributed by atoms with Gasteiger partial charge in [-0.2, -0.15) is 0 Å². The average molecular weight is 207 g/mol. The van der Waals surface area contributed by atoms with E-state index in [1.807, 2.05) is 18.2 Å². The van der Waals surface area contributed by atoms with Gasteiger partial charge < -0.3 is 9.84 Å². The van der Waals surface area contributed by atoms with Crippen LogP contribution in [0.15, 0.2) is 18.2 Å². The second-order valence-corrected chi connectivity index (χ2v) is 3.57. The summed E-state index contributed by atoms with van der Waals surface area (Å²) in [7, 11) is 1.62. The maximum absolute atomic E-state index is 10.8. The number of rotatable bonds is 2. The molecule has 4 nitrogen and oxygen atoms in total. The minimum Gasteiger partial charge on any atom is -0.496 e. The van der Waals surface area contributed by atoms with E-state index in [0.717, 1.165) is 16.9 Å². The van der Waals surface area contributed by atoms with Crippen LogP contribution >= 0.6 is 0 Å². The molecule has 1 aliphatic heterocycles. The van der Waals surface area contributed by atoms with E-state index >= 15 is 0 Å². The molecule has 2 rings (SSSR count). The Balaban J connectivity index is 2.31. The normalized spacial score (nSPS) is 19.4. The summed E-state index contributed by atoms with van der Waals surface area (Å²) in [5.41, 5.74) is 2.12. The van der Waals surface area contributed by atoms with Gasteiger partial charge in [-0.05, 0) is 18.1 Å². The molecule has 1 aromatic rings. The molecule has 0 saturated heterocycles. The van der Waals surface area contributed by atoms with Crippen molar-refractivity contribution in [2.24, 2.45) is 0 Å². The van der Waals surface area contributed by atoms with Gasteiger partial charge in [0, 0.05) is 12.1 Å². The molecule has 0 saturated carbocycles. The van der Waals surface area contributed by atoms with Gasteiger partial charge >= 0.3 is 5.97 Å². The van der Waals surface area contributed by atoms with Crippen molar-refractivity contribution < 1.29 is 14.6 Å². The van der Waals surface area contributed by atoms with E-state index in [1.54, 1.807) is 7.11 Å². The van der Waals surface area contributed by atoms with Gasteiger partial charge in [-0.3, -0.25) is 10.1 Å². The van der Waals surface area contributed by atoms with Crippen LogP contribution in [-0.4, -0.2) is 24.2 Å². The monoisotopic (exact) mass is 207 g/mol. The van der Waals surface area contributed by atoms with Crippen molar-refractivity contribution in [2.75, 3.05) is 7.11 Å². The molecule has 0 aliphatic carbocycles. The Bertz CT molecular complexity index is 389. The van der Waals surface area contributed by atoms with Crippen LogP contribution < -0.4 is 10.1 Å². The molecule has 0 fully saturated rings. The number of carbonyl (C=O) groups is 1. The summed E-state index contributed by atoms with van der Waals surface area (Å²) in [6.45, 7) is 0.552. The number of carboxylic acids is 1. The topological polar surface area (TPSA) is 58.6 Å². The van der Waals surface area contributed by atoms with E-state index in [4.69, 9.17) is 9.84 Å². The fourth-order valence-corrected chi connectivity index (χ4v) is 1.89. The zero-order valence-corrected chi connectivity index (χ0v) is 8.49. The fourth-order valence-electron chi connectivity index (χ4n) is 1.89. The molecule has 0 bridgehead atoms. The number of benzene rings is 1. The lowest BCUT2D eigenvalue weighted by Crippen LogP contribution is -2.41. The van der Waals surface area contributed by atoms with E-state index < -0.39 is 12.0 Å². The number of nitrogens with one attached hydrogen (secondary N) is 1. The Morgan fingerprint density at radius 2 is 2.40 bits per heavy atom.